The highest BCUT2D eigenvalue weighted by atomic mass is 79.9. The molecular formula is C14H11BrF2N2O3. The Labute approximate surface area is 132 Å². The molecular weight excluding hydrogens is 362 g/mol. The Morgan fingerprint density at radius 2 is 2.05 bits per heavy atom. The number of anilines is 1. The number of aromatic nitrogens is 1. The van der Waals surface area contributed by atoms with Crippen LogP contribution in [0.5, 0.6) is 0 Å². The monoisotopic (exact) mass is 372 g/mol. The van der Waals surface area contributed by atoms with Gasteiger partial charge in [-0.1, -0.05) is 0 Å². The maximum Gasteiger partial charge on any atom is 0.355 e. The molecule has 1 amide bonds. The second kappa shape index (κ2) is 6.69. The average Bonchev–Trinajstić information content (AvgIpc) is 2.89. The van der Waals surface area contributed by atoms with Crippen LogP contribution in [0.1, 0.15) is 17.4 Å². The number of hydrogen-bond acceptors (Lipinski definition) is 3. The second-order valence-corrected chi connectivity index (χ2v) is 5.31. The van der Waals surface area contributed by atoms with Gasteiger partial charge in [0, 0.05) is 16.7 Å². The predicted molar refractivity (Wildman–Crippen MR) is 78.4 cm³/mol. The van der Waals surface area contributed by atoms with Gasteiger partial charge in [-0.2, -0.15) is 0 Å². The van der Waals surface area contributed by atoms with Gasteiger partial charge in [0.25, 0.3) is 5.91 Å². The van der Waals surface area contributed by atoms with Crippen LogP contribution in [0, 0.1) is 11.6 Å². The van der Waals surface area contributed by atoms with E-state index >= 15 is 0 Å². The van der Waals surface area contributed by atoms with E-state index in [0.717, 1.165) is 18.2 Å². The van der Waals surface area contributed by atoms with Gasteiger partial charge >= 0.3 is 5.97 Å². The maximum atomic E-state index is 13.4. The molecule has 22 heavy (non-hydrogen) atoms. The molecule has 5 nitrogen and oxygen atoms in total. The molecule has 116 valence electrons. The molecule has 1 atom stereocenters. The molecule has 0 aliphatic heterocycles. The lowest BCUT2D eigenvalue weighted by Gasteiger charge is -2.13. The van der Waals surface area contributed by atoms with Gasteiger partial charge in [-0.3, -0.25) is 4.79 Å². The molecule has 0 saturated heterocycles. The minimum absolute atomic E-state index is 0.156. The largest absolute Gasteiger partial charge is 0.448 e. The average molecular weight is 373 g/mol. The molecule has 1 aromatic carbocycles. The van der Waals surface area contributed by atoms with Gasteiger partial charge in [0.05, 0.1) is 5.69 Å². The topological polar surface area (TPSA) is 71.2 Å². The van der Waals surface area contributed by atoms with Crippen LogP contribution in [0.25, 0.3) is 0 Å². The molecule has 1 unspecified atom stereocenters. The lowest BCUT2D eigenvalue weighted by Crippen LogP contribution is -2.30. The molecule has 1 aromatic heterocycles. The number of ether oxygens (including phenoxy) is 1. The summed E-state index contributed by atoms with van der Waals surface area (Å²) in [5.41, 5.74) is -0.168. The standard InChI is InChI=1S/C14H11BrF2N2O3/c1-7(22-14(21)12-4-8(15)6-18-12)13(20)19-11-5-9(16)2-3-10(11)17/h2-7,18H,1H3,(H,19,20). The van der Waals surface area contributed by atoms with Gasteiger partial charge in [0.1, 0.15) is 17.3 Å². The van der Waals surface area contributed by atoms with Crippen LogP contribution in [0.2, 0.25) is 0 Å². The van der Waals surface area contributed by atoms with E-state index in [1.54, 1.807) is 0 Å². The van der Waals surface area contributed by atoms with Gasteiger partial charge in [-0.05, 0) is 41.1 Å². The van der Waals surface area contributed by atoms with E-state index in [2.05, 4.69) is 26.2 Å². The Hall–Kier alpha value is -2.22. The molecule has 0 spiro atoms. The molecule has 8 heteroatoms. The van der Waals surface area contributed by atoms with E-state index < -0.39 is 29.6 Å². The number of benzene rings is 1. The van der Waals surface area contributed by atoms with Gasteiger partial charge in [-0.15, -0.1) is 0 Å². The summed E-state index contributed by atoms with van der Waals surface area (Å²) < 4.78 is 32.0. The van der Waals surface area contributed by atoms with Crippen molar-refractivity contribution in [2.75, 3.05) is 5.32 Å². The molecule has 0 aliphatic carbocycles. The summed E-state index contributed by atoms with van der Waals surface area (Å²) in [5, 5.41) is 2.16. The minimum atomic E-state index is -1.18. The number of carbonyl (C=O) groups is 2. The number of aromatic amines is 1. The first kappa shape index (κ1) is 16.2. The highest BCUT2D eigenvalue weighted by Crippen LogP contribution is 2.16. The number of nitrogens with one attached hydrogen (secondary N) is 2. The minimum Gasteiger partial charge on any atom is -0.448 e. The molecule has 0 aliphatic rings. The third kappa shape index (κ3) is 3.91. The van der Waals surface area contributed by atoms with Crippen LogP contribution in [0.4, 0.5) is 14.5 Å². The third-order valence-corrected chi connectivity index (χ3v) is 3.16. The van der Waals surface area contributed by atoms with Crippen LogP contribution in [0.3, 0.4) is 0 Å². The molecule has 0 saturated carbocycles. The highest BCUT2D eigenvalue weighted by molar-refractivity contribution is 9.10. The molecule has 1 heterocycles. The van der Waals surface area contributed by atoms with Crippen molar-refractivity contribution in [1.82, 2.24) is 4.98 Å². The number of esters is 1. The molecule has 2 N–H and O–H groups in total. The van der Waals surface area contributed by atoms with Crippen molar-refractivity contribution >= 4 is 33.5 Å². The summed E-state index contributed by atoms with van der Waals surface area (Å²) in [5.74, 6) is -3.00. The number of rotatable bonds is 4. The summed E-state index contributed by atoms with van der Waals surface area (Å²) in [6.45, 7) is 1.32. The van der Waals surface area contributed by atoms with Crippen molar-refractivity contribution in [2.24, 2.45) is 0 Å². The maximum absolute atomic E-state index is 13.4. The van der Waals surface area contributed by atoms with E-state index in [0.29, 0.717) is 4.47 Å². The zero-order valence-electron chi connectivity index (χ0n) is 11.3. The smallest absolute Gasteiger partial charge is 0.355 e. The predicted octanol–water partition coefficient (Wildman–Crippen LogP) is 3.24. The quantitative estimate of drug-likeness (QED) is 0.809. The Bertz CT molecular complexity index is 718. The zero-order chi connectivity index (χ0) is 16.3. The number of halogens is 3. The number of carbonyl (C=O) groups excluding carboxylic acids is 2. The van der Waals surface area contributed by atoms with Crippen molar-refractivity contribution in [1.29, 1.82) is 0 Å². The molecule has 2 aromatic rings. The first-order chi connectivity index (χ1) is 10.4. The van der Waals surface area contributed by atoms with E-state index in [4.69, 9.17) is 4.74 Å². The van der Waals surface area contributed by atoms with Crippen LogP contribution in [-0.4, -0.2) is 23.0 Å². The third-order valence-electron chi connectivity index (χ3n) is 2.71. The number of H-pyrrole nitrogens is 1. The van der Waals surface area contributed by atoms with Gasteiger partial charge in [0.15, 0.2) is 6.10 Å². The first-order valence-corrected chi connectivity index (χ1v) is 6.97. The molecule has 0 radical (unpaired) electrons. The molecule has 0 bridgehead atoms. The summed E-state index contributed by atoms with van der Waals surface area (Å²) in [6, 6.07) is 4.14. The summed E-state index contributed by atoms with van der Waals surface area (Å²) in [4.78, 5) is 26.3. The van der Waals surface area contributed by atoms with Crippen molar-refractivity contribution in [3.05, 3.63) is 52.3 Å². The van der Waals surface area contributed by atoms with Crippen molar-refractivity contribution in [3.8, 4) is 0 Å². The van der Waals surface area contributed by atoms with E-state index in [1.807, 2.05) is 0 Å². The fourth-order valence-corrected chi connectivity index (χ4v) is 1.93. The van der Waals surface area contributed by atoms with Crippen molar-refractivity contribution in [2.45, 2.75) is 13.0 Å². The Kier molecular flexibility index (Phi) is 4.92. The lowest BCUT2D eigenvalue weighted by atomic mass is 10.2. The zero-order valence-corrected chi connectivity index (χ0v) is 12.9. The van der Waals surface area contributed by atoms with Crippen LogP contribution in [-0.2, 0) is 9.53 Å². The first-order valence-electron chi connectivity index (χ1n) is 6.17. The summed E-state index contributed by atoms with van der Waals surface area (Å²) >= 11 is 3.16. The molecule has 0 fully saturated rings. The van der Waals surface area contributed by atoms with Gasteiger partial charge < -0.3 is 15.0 Å². The van der Waals surface area contributed by atoms with Gasteiger partial charge in [-0.25, -0.2) is 13.6 Å². The fourth-order valence-electron chi connectivity index (χ4n) is 1.59. The Morgan fingerprint density at radius 1 is 1.32 bits per heavy atom. The number of hydrogen-bond donors (Lipinski definition) is 2. The summed E-state index contributed by atoms with van der Waals surface area (Å²) in [6.07, 6.45) is 0.348. The van der Waals surface area contributed by atoms with E-state index in [-0.39, 0.29) is 11.4 Å². The molecule has 2 rings (SSSR count). The summed E-state index contributed by atoms with van der Waals surface area (Å²) in [7, 11) is 0. The van der Waals surface area contributed by atoms with Crippen LogP contribution < -0.4 is 5.32 Å². The highest BCUT2D eigenvalue weighted by Gasteiger charge is 2.21. The van der Waals surface area contributed by atoms with Gasteiger partial charge in [0.2, 0.25) is 0 Å². The van der Waals surface area contributed by atoms with E-state index in [9.17, 15) is 18.4 Å². The van der Waals surface area contributed by atoms with Crippen molar-refractivity contribution in [3.63, 3.8) is 0 Å². The SMILES string of the molecule is CC(OC(=O)c1cc(Br)c[nH]1)C(=O)Nc1cc(F)ccc1F. The van der Waals surface area contributed by atoms with Crippen LogP contribution >= 0.6 is 15.9 Å². The second-order valence-electron chi connectivity index (χ2n) is 4.39. The van der Waals surface area contributed by atoms with Crippen LogP contribution in [0.15, 0.2) is 34.9 Å². The Balaban J connectivity index is 2.00. The van der Waals surface area contributed by atoms with Crippen molar-refractivity contribution < 1.29 is 23.1 Å². The van der Waals surface area contributed by atoms with E-state index in [1.165, 1.54) is 19.2 Å². The number of amides is 1. The Morgan fingerprint density at radius 3 is 2.68 bits per heavy atom. The normalized spacial score (nSPS) is 11.8. The lowest BCUT2D eigenvalue weighted by molar-refractivity contribution is -0.123. The fraction of sp³-hybridized carbons (Fsp3) is 0.143.